The topological polar surface area (TPSA) is 42.2 Å². The maximum absolute atomic E-state index is 10.7. The minimum absolute atomic E-state index is 0.208. The fourth-order valence-electron chi connectivity index (χ4n) is 0.583. The van der Waals surface area contributed by atoms with Gasteiger partial charge in [-0.1, -0.05) is 27.7 Å². The Hall–Kier alpha value is -1.25. The van der Waals surface area contributed by atoms with Crippen molar-refractivity contribution in [3.63, 3.8) is 0 Å². The molecule has 1 heterocycles. The number of hydrogen-bond acceptors (Lipinski definition) is 2. The molecule has 0 saturated carbocycles. The average Bonchev–Trinajstić information content (AvgIpc) is 2.20. The summed E-state index contributed by atoms with van der Waals surface area (Å²) in [5, 5.41) is 8.77. The smallest absolute Gasteiger partial charge is 0.292 e. The zero-order chi connectivity index (χ0) is 10.9. The number of aryl methyl sites for hydroxylation is 1. The van der Waals surface area contributed by atoms with E-state index in [2.05, 4.69) is 0 Å². The Morgan fingerprint density at radius 2 is 1.69 bits per heavy atom. The number of aromatic hydroxyl groups is 1. The first-order valence-electron chi connectivity index (χ1n) is 4.56. The van der Waals surface area contributed by atoms with Gasteiger partial charge in [-0.15, -0.1) is 0 Å². The van der Waals surface area contributed by atoms with Crippen molar-refractivity contribution in [1.29, 1.82) is 0 Å². The first-order valence-corrected chi connectivity index (χ1v) is 4.56. The number of rotatable bonds is 0. The van der Waals surface area contributed by atoms with Gasteiger partial charge in [-0.3, -0.25) is 4.79 Å². The molecular weight excluding hydrogens is 166 g/mol. The van der Waals surface area contributed by atoms with Crippen molar-refractivity contribution in [3.05, 3.63) is 28.7 Å². The van der Waals surface area contributed by atoms with Gasteiger partial charge in [0.05, 0.1) is 0 Å². The minimum Gasteiger partial charge on any atom is -0.503 e. The van der Waals surface area contributed by atoms with Crippen molar-refractivity contribution >= 4 is 0 Å². The van der Waals surface area contributed by atoms with Crippen LogP contribution in [0.1, 0.15) is 27.7 Å². The van der Waals surface area contributed by atoms with Crippen molar-refractivity contribution in [2.24, 2.45) is 7.05 Å². The summed E-state index contributed by atoms with van der Waals surface area (Å²) in [5.41, 5.74) is -0.363. The van der Waals surface area contributed by atoms with E-state index in [1.807, 2.05) is 27.7 Å². The van der Waals surface area contributed by atoms with Crippen LogP contribution in [0.25, 0.3) is 0 Å². The third kappa shape index (κ3) is 5.06. The van der Waals surface area contributed by atoms with E-state index in [9.17, 15) is 4.79 Å². The molecule has 0 aliphatic carbocycles. The van der Waals surface area contributed by atoms with E-state index in [0.29, 0.717) is 0 Å². The highest BCUT2D eigenvalue weighted by molar-refractivity contribution is 5.14. The van der Waals surface area contributed by atoms with Crippen LogP contribution in [0.4, 0.5) is 0 Å². The van der Waals surface area contributed by atoms with Gasteiger partial charge >= 0.3 is 0 Å². The Labute approximate surface area is 79.7 Å². The summed E-state index contributed by atoms with van der Waals surface area (Å²) in [5.74, 6) is -0.208. The van der Waals surface area contributed by atoms with Crippen LogP contribution in [0.2, 0.25) is 0 Å². The van der Waals surface area contributed by atoms with Gasteiger partial charge in [-0.05, 0) is 12.1 Å². The van der Waals surface area contributed by atoms with Gasteiger partial charge in [0, 0.05) is 13.2 Å². The van der Waals surface area contributed by atoms with E-state index < -0.39 is 0 Å². The molecule has 0 radical (unpaired) electrons. The molecule has 1 N–H and O–H groups in total. The van der Waals surface area contributed by atoms with Gasteiger partial charge in [0.25, 0.3) is 5.56 Å². The molecule has 1 aromatic rings. The second-order valence-corrected chi connectivity index (χ2v) is 1.81. The molecule has 76 valence electrons. The second-order valence-electron chi connectivity index (χ2n) is 1.81. The molecule has 1 aromatic heterocycles. The number of hydrogen-bond donors (Lipinski definition) is 1. The summed E-state index contributed by atoms with van der Waals surface area (Å²) in [6.07, 6.45) is 1.59. The van der Waals surface area contributed by atoms with Crippen LogP contribution in [0.5, 0.6) is 5.75 Å². The Morgan fingerprint density at radius 1 is 1.23 bits per heavy atom. The quantitative estimate of drug-likeness (QED) is 0.673. The van der Waals surface area contributed by atoms with Gasteiger partial charge in [0.2, 0.25) is 0 Å². The first-order chi connectivity index (χ1) is 6.22. The van der Waals surface area contributed by atoms with E-state index in [4.69, 9.17) is 5.11 Å². The molecule has 0 bridgehead atoms. The van der Waals surface area contributed by atoms with Crippen LogP contribution in [0, 0.1) is 0 Å². The maximum Gasteiger partial charge on any atom is 0.292 e. The SMILES string of the molecule is CC.CC.Cn1cccc(O)c1=O. The molecule has 0 unspecified atom stereocenters. The second kappa shape index (κ2) is 8.84. The number of pyridine rings is 1. The number of nitrogens with zero attached hydrogens (tertiary/aromatic N) is 1. The van der Waals surface area contributed by atoms with Crippen molar-refractivity contribution < 1.29 is 5.11 Å². The molecule has 0 spiro atoms. The molecule has 0 aliphatic heterocycles. The van der Waals surface area contributed by atoms with Crippen molar-refractivity contribution in [3.8, 4) is 5.75 Å². The predicted molar refractivity (Wildman–Crippen MR) is 56.0 cm³/mol. The Kier molecular flexibility index (Phi) is 9.72. The van der Waals surface area contributed by atoms with E-state index in [0.717, 1.165) is 0 Å². The highest BCUT2D eigenvalue weighted by Gasteiger charge is 1.93. The minimum atomic E-state index is -0.363. The maximum atomic E-state index is 10.7. The lowest BCUT2D eigenvalue weighted by molar-refractivity contribution is 0.461. The molecule has 0 fully saturated rings. The van der Waals surface area contributed by atoms with Crippen LogP contribution in [-0.2, 0) is 7.05 Å². The van der Waals surface area contributed by atoms with Gasteiger partial charge in [-0.25, -0.2) is 0 Å². The molecule has 0 aromatic carbocycles. The van der Waals surface area contributed by atoms with E-state index in [1.165, 1.54) is 10.6 Å². The lowest BCUT2D eigenvalue weighted by atomic mass is 10.4. The van der Waals surface area contributed by atoms with E-state index >= 15 is 0 Å². The first kappa shape index (κ1) is 14.3. The van der Waals surface area contributed by atoms with Gasteiger partial charge < -0.3 is 9.67 Å². The van der Waals surface area contributed by atoms with Crippen molar-refractivity contribution in [2.75, 3.05) is 0 Å². The summed E-state index contributed by atoms with van der Waals surface area (Å²) in [7, 11) is 1.59. The summed E-state index contributed by atoms with van der Waals surface area (Å²) in [4.78, 5) is 10.7. The van der Waals surface area contributed by atoms with Gasteiger partial charge in [0.1, 0.15) is 0 Å². The molecule has 0 amide bonds. The number of aromatic nitrogens is 1. The van der Waals surface area contributed by atoms with Crippen LogP contribution in [-0.4, -0.2) is 9.67 Å². The summed E-state index contributed by atoms with van der Waals surface area (Å²) < 4.78 is 1.31. The standard InChI is InChI=1S/C6H7NO2.2C2H6/c1-7-4-2-3-5(8)6(7)9;2*1-2/h2-4,8H,1H3;2*1-2H3. The fourth-order valence-corrected chi connectivity index (χ4v) is 0.583. The Bertz CT molecular complexity index is 243. The fraction of sp³-hybridized carbons (Fsp3) is 0.500. The predicted octanol–water partition coefficient (Wildman–Crippen LogP) is 2.14. The summed E-state index contributed by atoms with van der Waals surface area (Å²) >= 11 is 0. The van der Waals surface area contributed by atoms with Crippen molar-refractivity contribution in [1.82, 2.24) is 4.57 Å². The monoisotopic (exact) mass is 185 g/mol. The van der Waals surface area contributed by atoms with Gasteiger partial charge in [0.15, 0.2) is 5.75 Å². The molecule has 0 saturated heterocycles. The Morgan fingerprint density at radius 3 is 2.00 bits per heavy atom. The molecule has 0 aliphatic rings. The molecular formula is C10H19NO2. The highest BCUT2D eigenvalue weighted by atomic mass is 16.3. The molecule has 1 rings (SSSR count). The van der Waals surface area contributed by atoms with Crippen molar-refractivity contribution in [2.45, 2.75) is 27.7 Å². The third-order valence-electron chi connectivity index (χ3n) is 1.10. The summed E-state index contributed by atoms with van der Waals surface area (Å²) in [6, 6.07) is 2.97. The van der Waals surface area contributed by atoms with Crippen LogP contribution < -0.4 is 5.56 Å². The van der Waals surface area contributed by atoms with Crippen LogP contribution >= 0.6 is 0 Å². The molecule has 3 heteroatoms. The molecule has 3 nitrogen and oxygen atoms in total. The van der Waals surface area contributed by atoms with Gasteiger partial charge in [-0.2, -0.15) is 0 Å². The normalized spacial score (nSPS) is 7.46. The molecule has 13 heavy (non-hydrogen) atoms. The lowest BCUT2D eigenvalue weighted by Crippen LogP contribution is -2.13. The van der Waals surface area contributed by atoms with Crippen LogP contribution in [0.3, 0.4) is 0 Å². The Balaban J connectivity index is 0. The third-order valence-corrected chi connectivity index (χ3v) is 1.10. The highest BCUT2D eigenvalue weighted by Crippen LogP contribution is 1.94. The zero-order valence-electron chi connectivity index (χ0n) is 9.03. The van der Waals surface area contributed by atoms with E-state index in [1.54, 1.807) is 19.3 Å². The summed E-state index contributed by atoms with van der Waals surface area (Å²) in [6.45, 7) is 8.00. The average molecular weight is 185 g/mol. The zero-order valence-corrected chi connectivity index (χ0v) is 9.03. The largest absolute Gasteiger partial charge is 0.503 e. The lowest BCUT2D eigenvalue weighted by Gasteiger charge is -1.93. The van der Waals surface area contributed by atoms with Crippen LogP contribution in [0.15, 0.2) is 23.1 Å². The molecule has 0 atom stereocenters. The van der Waals surface area contributed by atoms with E-state index in [-0.39, 0.29) is 11.3 Å².